The van der Waals surface area contributed by atoms with E-state index in [0.29, 0.717) is 5.41 Å². The highest BCUT2D eigenvalue weighted by molar-refractivity contribution is 5.40. The van der Waals surface area contributed by atoms with Crippen LogP contribution in [0.25, 0.3) is 0 Å². The Bertz CT molecular complexity index is 311. The second kappa shape index (κ2) is 3.76. The lowest BCUT2D eigenvalue weighted by Crippen LogP contribution is -2.17. The number of hydrogen-bond donors (Lipinski definition) is 0. The van der Waals surface area contributed by atoms with Gasteiger partial charge in [-0.3, -0.25) is 0 Å². The van der Waals surface area contributed by atoms with E-state index in [1.807, 2.05) is 0 Å². The maximum atomic E-state index is 4.02. The zero-order chi connectivity index (χ0) is 10.9. The van der Waals surface area contributed by atoms with Crippen LogP contribution in [0.2, 0.25) is 0 Å². The monoisotopic (exact) mass is 190 g/mol. The van der Waals surface area contributed by atoms with Gasteiger partial charge in [0.2, 0.25) is 0 Å². The van der Waals surface area contributed by atoms with Gasteiger partial charge >= 0.3 is 0 Å². The molecule has 0 bridgehead atoms. The van der Waals surface area contributed by atoms with Gasteiger partial charge in [0, 0.05) is 0 Å². The third-order valence-corrected chi connectivity index (χ3v) is 2.97. The maximum Gasteiger partial charge on any atom is -0.0221 e. The Labute approximate surface area is 88.4 Å². The van der Waals surface area contributed by atoms with Crippen molar-refractivity contribution < 1.29 is 0 Å². The van der Waals surface area contributed by atoms with Crippen molar-refractivity contribution in [2.75, 3.05) is 0 Å². The molecule has 1 rings (SSSR count). The summed E-state index contributed by atoms with van der Waals surface area (Å²) in [6.07, 6.45) is 4.75. The number of allylic oxidation sites excluding steroid dienone is 5. The predicted molar refractivity (Wildman–Crippen MR) is 64.3 cm³/mol. The lowest BCUT2D eigenvalue weighted by molar-refractivity contribution is 0.350. The first-order valence-electron chi connectivity index (χ1n) is 5.35. The van der Waals surface area contributed by atoms with Gasteiger partial charge in [0.1, 0.15) is 0 Å². The molecule has 0 heteroatoms. The highest BCUT2D eigenvalue weighted by atomic mass is 14.3. The Morgan fingerprint density at radius 1 is 1.29 bits per heavy atom. The summed E-state index contributed by atoms with van der Waals surface area (Å²) in [7, 11) is 0. The second-order valence-electron chi connectivity index (χ2n) is 5.44. The van der Waals surface area contributed by atoms with Crippen LogP contribution in [0, 0.1) is 5.41 Å². The summed E-state index contributed by atoms with van der Waals surface area (Å²) in [4.78, 5) is 0. The van der Waals surface area contributed by atoms with Gasteiger partial charge in [-0.05, 0) is 50.2 Å². The first kappa shape index (κ1) is 11.3. The molecule has 0 radical (unpaired) electrons. The average Bonchev–Trinajstić information content (AvgIpc) is 1.98. The second-order valence-corrected chi connectivity index (χ2v) is 5.44. The van der Waals surface area contributed by atoms with Gasteiger partial charge in [0.05, 0.1) is 0 Å². The summed E-state index contributed by atoms with van der Waals surface area (Å²) in [6.45, 7) is 15.2. The lowest BCUT2D eigenvalue weighted by Gasteiger charge is -2.31. The van der Waals surface area contributed by atoms with E-state index in [2.05, 4.69) is 47.3 Å². The van der Waals surface area contributed by atoms with Gasteiger partial charge in [-0.25, -0.2) is 0 Å². The Balaban J connectivity index is 3.09. The molecule has 0 saturated carbocycles. The Hall–Kier alpha value is -0.780. The van der Waals surface area contributed by atoms with E-state index in [9.17, 15) is 0 Å². The number of rotatable bonds is 1. The van der Waals surface area contributed by atoms with E-state index in [0.717, 1.165) is 0 Å². The molecular formula is C14H22. The van der Waals surface area contributed by atoms with Crippen LogP contribution in [0.1, 0.15) is 47.5 Å². The first-order chi connectivity index (χ1) is 6.32. The van der Waals surface area contributed by atoms with Crippen LogP contribution in [0.4, 0.5) is 0 Å². The molecule has 0 aliphatic heterocycles. The molecule has 0 spiro atoms. The quantitative estimate of drug-likeness (QED) is 0.565. The van der Waals surface area contributed by atoms with Crippen LogP contribution >= 0.6 is 0 Å². The molecule has 1 aliphatic rings. The molecule has 0 nitrogen and oxygen atoms in total. The minimum atomic E-state index is 0.422. The van der Waals surface area contributed by atoms with E-state index in [4.69, 9.17) is 0 Å². The Kier molecular flexibility index (Phi) is 3.04. The third kappa shape index (κ3) is 2.60. The van der Waals surface area contributed by atoms with Crippen LogP contribution in [0.3, 0.4) is 0 Å². The molecule has 0 saturated heterocycles. The van der Waals surface area contributed by atoms with Crippen LogP contribution < -0.4 is 0 Å². The molecule has 0 amide bonds. The molecule has 0 aromatic heterocycles. The van der Waals surface area contributed by atoms with Gasteiger partial charge in [-0.15, -0.1) is 0 Å². The first-order valence-corrected chi connectivity index (χ1v) is 5.35. The SMILES string of the molecule is C=C(C)/C(C)=C1\C=C(C)CC(C)(C)C1. The summed E-state index contributed by atoms with van der Waals surface area (Å²) in [6, 6.07) is 0. The van der Waals surface area contributed by atoms with Gasteiger partial charge < -0.3 is 0 Å². The number of hydrogen-bond acceptors (Lipinski definition) is 0. The van der Waals surface area contributed by atoms with Gasteiger partial charge in [0.25, 0.3) is 0 Å². The summed E-state index contributed by atoms with van der Waals surface area (Å²) in [5, 5.41) is 0. The molecule has 0 heterocycles. The van der Waals surface area contributed by atoms with Gasteiger partial charge in [0.15, 0.2) is 0 Å². The van der Waals surface area contributed by atoms with Crippen molar-refractivity contribution in [1.82, 2.24) is 0 Å². The van der Waals surface area contributed by atoms with Crippen LogP contribution in [0.5, 0.6) is 0 Å². The Morgan fingerprint density at radius 3 is 2.29 bits per heavy atom. The molecule has 78 valence electrons. The molecule has 0 N–H and O–H groups in total. The minimum Gasteiger partial charge on any atom is -0.0958 e. The van der Waals surface area contributed by atoms with Crippen molar-refractivity contribution in [2.24, 2.45) is 5.41 Å². The fraction of sp³-hybridized carbons (Fsp3) is 0.571. The van der Waals surface area contributed by atoms with Crippen LogP contribution in [0.15, 0.2) is 34.9 Å². The molecule has 1 aliphatic carbocycles. The molecule has 0 fully saturated rings. The lowest BCUT2D eigenvalue weighted by atomic mass is 9.74. The molecule has 0 aromatic carbocycles. The largest absolute Gasteiger partial charge is 0.0958 e. The van der Waals surface area contributed by atoms with E-state index in [-0.39, 0.29) is 0 Å². The van der Waals surface area contributed by atoms with Crippen molar-refractivity contribution >= 4 is 0 Å². The van der Waals surface area contributed by atoms with E-state index in [1.165, 1.54) is 35.1 Å². The van der Waals surface area contributed by atoms with Crippen molar-refractivity contribution in [2.45, 2.75) is 47.5 Å². The Morgan fingerprint density at radius 2 is 1.86 bits per heavy atom. The summed E-state index contributed by atoms with van der Waals surface area (Å²) >= 11 is 0. The van der Waals surface area contributed by atoms with Gasteiger partial charge in [-0.1, -0.05) is 37.6 Å². The molecular weight excluding hydrogens is 168 g/mol. The van der Waals surface area contributed by atoms with Crippen molar-refractivity contribution in [3.8, 4) is 0 Å². The standard InChI is InChI=1S/C14H22/c1-10(2)12(4)13-7-11(3)8-14(5,6)9-13/h7H,1,8-9H2,2-6H3/b13-12+. The third-order valence-electron chi connectivity index (χ3n) is 2.97. The molecule has 14 heavy (non-hydrogen) atoms. The summed E-state index contributed by atoms with van der Waals surface area (Å²) in [5.41, 5.74) is 5.97. The fourth-order valence-corrected chi connectivity index (χ4v) is 2.25. The highest BCUT2D eigenvalue weighted by Crippen LogP contribution is 2.39. The van der Waals surface area contributed by atoms with Crippen LogP contribution in [-0.2, 0) is 0 Å². The smallest absolute Gasteiger partial charge is 0.0221 e. The maximum absolute atomic E-state index is 4.02. The highest BCUT2D eigenvalue weighted by Gasteiger charge is 2.24. The molecule has 0 unspecified atom stereocenters. The zero-order valence-corrected chi connectivity index (χ0v) is 10.2. The summed E-state index contributed by atoms with van der Waals surface area (Å²) in [5.74, 6) is 0. The average molecular weight is 190 g/mol. The van der Waals surface area contributed by atoms with Crippen molar-refractivity contribution in [3.05, 3.63) is 34.9 Å². The van der Waals surface area contributed by atoms with Crippen LogP contribution in [-0.4, -0.2) is 0 Å². The normalized spacial score (nSPS) is 24.2. The minimum absolute atomic E-state index is 0.422. The topological polar surface area (TPSA) is 0 Å². The summed E-state index contributed by atoms with van der Waals surface area (Å²) < 4.78 is 0. The molecule has 0 aromatic rings. The van der Waals surface area contributed by atoms with E-state index in [1.54, 1.807) is 0 Å². The van der Waals surface area contributed by atoms with Crippen molar-refractivity contribution in [1.29, 1.82) is 0 Å². The molecule has 0 atom stereocenters. The van der Waals surface area contributed by atoms with E-state index >= 15 is 0 Å². The fourth-order valence-electron chi connectivity index (χ4n) is 2.25. The predicted octanol–water partition coefficient (Wildman–Crippen LogP) is 4.65. The van der Waals surface area contributed by atoms with Gasteiger partial charge in [-0.2, -0.15) is 0 Å². The van der Waals surface area contributed by atoms with E-state index < -0.39 is 0 Å². The van der Waals surface area contributed by atoms with Crippen molar-refractivity contribution in [3.63, 3.8) is 0 Å². The zero-order valence-electron chi connectivity index (χ0n) is 10.2.